The third kappa shape index (κ3) is 1.96. The van der Waals surface area contributed by atoms with Gasteiger partial charge in [-0.3, -0.25) is 4.98 Å². The number of benzene rings is 1. The van der Waals surface area contributed by atoms with Crippen molar-refractivity contribution >= 4 is 16.6 Å². The molecule has 1 N–H and O–H groups in total. The third-order valence-electron chi connectivity index (χ3n) is 3.11. The molecule has 2 heterocycles. The van der Waals surface area contributed by atoms with Gasteiger partial charge in [0.25, 0.3) is 0 Å². The first-order valence-electron chi connectivity index (χ1n) is 5.84. The maximum atomic E-state index is 13.1. The van der Waals surface area contributed by atoms with Crippen molar-refractivity contribution in [3.63, 3.8) is 0 Å². The number of pyridine rings is 1. The van der Waals surface area contributed by atoms with Crippen LogP contribution in [-0.2, 0) is 0 Å². The van der Waals surface area contributed by atoms with Crippen molar-refractivity contribution in [2.75, 3.05) is 31.1 Å². The topological polar surface area (TPSA) is 28.2 Å². The smallest absolute Gasteiger partial charge is 0.142 e. The van der Waals surface area contributed by atoms with Crippen LogP contribution >= 0.6 is 0 Å². The summed E-state index contributed by atoms with van der Waals surface area (Å²) in [4.78, 5) is 6.51. The molecule has 0 aliphatic carbocycles. The summed E-state index contributed by atoms with van der Waals surface area (Å²) in [5.74, 6) is -0.282. The summed E-state index contributed by atoms with van der Waals surface area (Å²) in [6, 6.07) is 7.45. The predicted molar refractivity (Wildman–Crippen MR) is 66.8 cm³/mol. The molecule has 1 aliphatic heterocycles. The number of hydrogen-bond acceptors (Lipinski definition) is 3. The van der Waals surface area contributed by atoms with Gasteiger partial charge in [-0.05, 0) is 12.1 Å². The lowest BCUT2D eigenvalue weighted by atomic mass is 10.1. The van der Waals surface area contributed by atoms with E-state index in [2.05, 4.69) is 21.3 Å². The van der Waals surface area contributed by atoms with E-state index < -0.39 is 0 Å². The lowest BCUT2D eigenvalue weighted by Crippen LogP contribution is -2.43. The minimum atomic E-state index is -0.282. The fourth-order valence-electron chi connectivity index (χ4n) is 2.28. The molecular formula is C13H14FN3. The van der Waals surface area contributed by atoms with Crippen LogP contribution in [0.25, 0.3) is 10.9 Å². The van der Waals surface area contributed by atoms with Crippen LogP contribution < -0.4 is 10.2 Å². The van der Waals surface area contributed by atoms with Gasteiger partial charge in [-0.15, -0.1) is 0 Å². The quantitative estimate of drug-likeness (QED) is 0.811. The Morgan fingerprint density at radius 2 is 2.06 bits per heavy atom. The molecule has 17 heavy (non-hydrogen) atoms. The molecule has 0 radical (unpaired) electrons. The van der Waals surface area contributed by atoms with Crippen LogP contribution in [0, 0.1) is 5.82 Å². The van der Waals surface area contributed by atoms with Crippen molar-refractivity contribution in [2.24, 2.45) is 0 Å². The fourth-order valence-corrected chi connectivity index (χ4v) is 2.28. The molecule has 88 valence electrons. The monoisotopic (exact) mass is 231 g/mol. The molecule has 3 nitrogen and oxygen atoms in total. The van der Waals surface area contributed by atoms with E-state index in [1.807, 2.05) is 12.1 Å². The fraction of sp³-hybridized carbons (Fsp3) is 0.308. The van der Waals surface area contributed by atoms with Crippen molar-refractivity contribution < 1.29 is 4.39 Å². The van der Waals surface area contributed by atoms with Crippen LogP contribution in [0.3, 0.4) is 0 Å². The number of hydrogen-bond donors (Lipinski definition) is 1. The Labute approximate surface area is 99.3 Å². The SMILES string of the molecule is Fc1cnc2c(N3CCNCC3)cccc2c1. The Bertz CT molecular complexity index is 535. The Balaban J connectivity index is 2.09. The van der Waals surface area contributed by atoms with Gasteiger partial charge in [-0.2, -0.15) is 0 Å². The van der Waals surface area contributed by atoms with E-state index in [0.717, 1.165) is 42.8 Å². The molecule has 1 fully saturated rings. The molecule has 1 aromatic heterocycles. The first kappa shape index (κ1) is 10.5. The molecule has 1 aromatic carbocycles. The van der Waals surface area contributed by atoms with Crippen molar-refractivity contribution in [3.05, 3.63) is 36.3 Å². The first-order chi connectivity index (χ1) is 8.34. The highest BCUT2D eigenvalue weighted by Gasteiger charge is 2.13. The van der Waals surface area contributed by atoms with Gasteiger partial charge in [0.2, 0.25) is 0 Å². The summed E-state index contributed by atoms with van der Waals surface area (Å²) >= 11 is 0. The molecule has 2 aromatic rings. The Hall–Kier alpha value is -1.68. The van der Waals surface area contributed by atoms with E-state index in [-0.39, 0.29) is 5.82 Å². The molecule has 3 rings (SSSR count). The zero-order valence-electron chi connectivity index (χ0n) is 9.49. The molecule has 0 amide bonds. The largest absolute Gasteiger partial charge is 0.367 e. The second-order valence-corrected chi connectivity index (χ2v) is 4.24. The number of halogens is 1. The van der Waals surface area contributed by atoms with Crippen molar-refractivity contribution in [1.29, 1.82) is 0 Å². The molecule has 1 saturated heterocycles. The van der Waals surface area contributed by atoms with Gasteiger partial charge >= 0.3 is 0 Å². The van der Waals surface area contributed by atoms with E-state index in [4.69, 9.17) is 0 Å². The number of nitrogens with one attached hydrogen (secondary N) is 1. The van der Waals surface area contributed by atoms with Crippen molar-refractivity contribution in [3.8, 4) is 0 Å². The number of fused-ring (bicyclic) bond motifs is 1. The lowest BCUT2D eigenvalue weighted by Gasteiger charge is -2.30. The van der Waals surface area contributed by atoms with E-state index in [1.165, 1.54) is 12.3 Å². The second-order valence-electron chi connectivity index (χ2n) is 4.24. The van der Waals surface area contributed by atoms with Gasteiger partial charge in [-0.1, -0.05) is 12.1 Å². The van der Waals surface area contributed by atoms with Gasteiger partial charge in [0.1, 0.15) is 5.82 Å². The summed E-state index contributed by atoms with van der Waals surface area (Å²) in [7, 11) is 0. The third-order valence-corrected chi connectivity index (χ3v) is 3.11. The summed E-state index contributed by atoms with van der Waals surface area (Å²) in [6.07, 6.45) is 1.29. The van der Waals surface area contributed by atoms with E-state index in [1.54, 1.807) is 0 Å². The minimum absolute atomic E-state index is 0.282. The number of anilines is 1. The van der Waals surface area contributed by atoms with Gasteiger partial charge in [0, 0.05) is 31.6 Å². The summed E-state index contributed by atoms with van der Waals surface area (Å²) in [5, 5.41) is 4.18. The molecule has 0 unspecified atom stereocenters. The Morgan fingerprint density at radius 1 is 1.24 bits per heavy atom. The number of rotatable bonds is 1. The molecule has 0 bridgehead atoms. The first-order valence-corrected chi connectivity index (χ1v) is 5.84. The molecule has 1 aliphatic rings. The maximum Gasteiger partial charge on any atom is 0.142 e. The molecule has 4 heteroatoms. The Kier molecular flexibility index (Phi) is 2.65. The number of para-hydroxylation sites is 1. The second kappa shape index (κ2) is 4.30. The van der Waals surface area contributed by atoms with Crippen LogP contribution in [0.2, 0.25) is 0 Å². The maximum absolute atomic E-state index is 13.1. The van der Waals surface area contributed by atoms with E-state index in [0.29, 0.717) is 0 Å². The highest BCUT2D eigenvalue weighted by atomic mass is 19.1. The summed E-state index contributed by atoms with van der Waals surface area (Å²) in [5.41, 5.74) is 1.99. The van der Waals surface area contributed by atoms with E-state index in [9.17, 15) is 4.39 Å². The van der Waals surface area contributed by atoms with E-state index >= 15 is 0 Å². The predicted octanol–water partition coefficient (Wildman–Crippen LogP) is 1.78. The van der Waals surface area contributed by atoms with Crippen molar-refractivity contribution in [1.82, 2.24) is 10.3 Å². The van der Waals surface area contributed by atoms with Gasteiger partial charge in [0.15, 0.2) is 0 Å². The van der Waals surface area contributed by atoms with Crippen LogP contribution in [0.5, 0.6) is 0 Å². The standard InChI is InChI=1S/C13H14FN3/c14-11-8-10-2-1-3-12(13(10)16-9-11)17-6-4-15-5-7-17/h1-3,8-9,15H,4-7H2. The molecule has 0 atom stereocenters. The molecule has 0 spiro atoms. The highest BCUT2D eigenvalue weighted by molar-refractivity contribution is 5.90. The van der Waals surface area contributed by atoms with Crippen LogP contribution in [-0.4, -0.2) is 31.2 Å². The summed E-state index contributed by atoms with van der Waals surface area (Å²) in [6.45, 7) is 3.91. The highest BCUT2D eigenvalue weighted by Crippen LogP contribution is 2.25. The van der Waals surface area contributed by atoms with Gasteiger partial charge < -0.3 is 10.2 Å². The Morgan fingerprint density at radius 3 is 2.88 bits per heavy atom. The van der Waals surface area contributed by atoms with Crippen LogP contribution in [0.4, 0.5) is 10.1 Å². The lowest BCUT2D eigenvalue weighted by molar-refractivity contribution is 0.590. The zero-order valence-corrected chi connectivity index (χ0v) is 9.49. The number of aromatic nitrogens is 1. The van der Waals surface area contributed by atoms with Gasteiger partial charge in [0.05, 0.1) is 17.4 Å². The zero-order chi connectivity index (χ0) is 11.7. The van der Waals surface area contributed by atoms with Crippen molar-refractivity contribution in [2.45, 2.75) is 0 Å². The average molecular weight is 231 g/mol. The minimum Gasteiger partial charge on any atom is -0.367 e. The molecule has 0 saturated carbocycles. The summed E-state index contributed by atoms with van der Waals surface area (Å²) < 4.78 is 13.1. The van der Waals surface area contributed by atoms with Gasteiger partial charge in [-0.25, -0.2) is 4.39 Å². The van der Waals surface area contributed by atoms with Crippen LogP contribution in [0.15, 0.2) is 30.5 Å². The number of piperazine rings is 1. The normalized spacial score (nSPS) is 16.4. The van der Waals surface area contributed by atoms with Crippen LogP contribution in [0.1, 0.15) is 0 Å². The average Bonchev–Trinajstić information content (AvgIpc) is 2.39. The number of nitrogens with zero attached hydrogens (tertiary/aromatic N) is 2. The molecular weight excluding hydrogens is 217 g/mol.